The third kappa shape index (κ3) is 12.5. The number of rotatable bonds is 16. The molecule has 15 nitrogen and oxygen atoms in total. The number of benzene rings is 2. The average Bonchev–Trinajstić information content (AvgIpc) is 3.53. The molecular weight excluding hydrogens is 806 g/mol. The lowest BCUT2D eigenvalue weighted by atomic mass is 10.2. The second kappa shape index (κ2) is 19.4. The van der Waals surface area contributed by atoms with Gasteiger partial charge in [-0.05, 0) is 84.6 Å². The molecule has 2 aromatic carbocycles. The molecule has 0 aliphatic carbocycles. The van der Waals surface area contributed by atoms with Crippen LogP contribution in [-0.4, -0.2) is 83.9 Å². The van der Waals surface area contributed by atoms with E-state index in [4.69, 9.17) is 32.5 Å². The summed E-state index contributed by atoms with van der Waals surface area (Å²) in [7, 11) is -5.39. The lowest BCUT2D eigenvalue weighted by Crippen LogP contribution is -2.67. The minimum absolute atomic E-state index is 0.0430. The number of anilines is 1. The summed E-state index contributed by atoms with van der Waals surface area (Å²) in [6.07, 6.45) is 0.208. The first kappa shape index (κ1) is 48.1. The monoisotopic (exact) mass is 867 g/mol. The van der Waals surface area contributed by atoms with Gasteiger partial charge < -0.3 is 32.5 Å². The van der Waals surface area contributed by atoms with Crippen molar-refractivity contribution < 1.29 is 46.7 Å². The summed E-state index contributed by atoms with van der Waals surface area (Å²) in [4.78, 5) is 47.4. The van der Waals surface area contributed by atoms with Crippen molar-refractivity contribution in [2.24, 2.45) is 5.92 Å². The number of fused-ring (bicyclic) bond motifs is 1. The van der Waals surface area contributed by atoms with E-state index in [9.17, 15) is 14.2 Å². The van der Waals surface area contributed by atoms with Gasteiger partial charge in [0, 0.05) is 18.3 Å². The predicted molar refractivity (Wildman–Crippen MR) is 235 cm³/mol. The van der Waals surface area contributed by atoms with Gasteiger partial charge in [0.25, 0.3) is 8.32 Å². The van der Waals surface area contributed by atoms with Crippen molar-refractivity contribution in [1.29, 1.82) is 0 Å². The third-order valence-electron chi connectivity index (χ3n) is 8.48. The summed E-state index contributed by atoms with van der Waals surface area (Å²) < 4.78 is 51.0. The van der Waals surface area contributed by atoms with Crippen LogP contribution in [0.4, 0.5) is 15.5 Å². The molecule has 0 aliphatic heterocycles. The molecule has 0 aliphatic rings. The average molecular weight is 868 g/mol. The summed E-state index contributed by atoms with van der Waals surface area (Å²) >= 11 is 0. The topological polar surface area (TPSA) is 163 Å². The van der Waals surface area contributed by atoms with Gasteiger partial charge in [0.1, 0.15) is 24.1 Å². The second-order valence-electron chi connectivity index (χ2n) is 17.8. The summed E-state index contributed by atoms with van der Waals surface area (Å²) in [6, 6.07) is 20.4. The number of amides is 2. The number of imide groups is 1. The van der Waals surface area contributed by atoms with Crippen LogP contribution in [0.3, 0.4) is 0 Å². The van der Waals surface area contributed by atoms with Crippen molar-refractivity contribution in [3.8, 4) is 5.88 Å². The van der Waals surface area contributed by atoms with Crippen molar-refractivity contribution in [3.05, 3.63) is 78.9 Å². The van der Waals surface area contributed by atoms with E-state index in [1.54, 1.807) is 75.3 Å². The molecule has 2 aromatic heterocycles. The van der Waals surface area contributed by atoms with E-state index in [0.29, 0.717) is 4.90 Å². The van der Waals surface area contributed by atoms with Crippen LogP contribution < -0.4 is 24.8 Å². The number of methoxy groups -OCH3 is 1. The van der Waals surface area contributed by atoms with Crippen LogP contribution in [0.15, 0.2) is 78.9 Å². The molecule has 0 radical (unpaired) electrons. The second-order valence-corrected chi connectivity index (χ2v) is 23.9. The normalized spacial score (nSPS) is 13.5. The van der Waals surface area contributed by atoms with E-state index in [0.717, 1.165) is 10.4 Å². The van der Waals surface area contributed by atoms with E-state index in [1.165, 1.54) is 24.0 Å². The van der Waals surface area contributed by atoms with Crippen LogP contribution in [0.1, 0.15) is 90.0 Å². The van der Waals surface area contributed by atoms with Gasteiger partial charge in [-0.3, -0.25) is 4.57 Å². The molecular formula is C43H62N5O10PSi. The Balaban J connectivity index is 1.83. The van der Waals surface area contributed by atoms with Crippen molar-refractivity contribution in [3.63, 3.8) is 0 Å². The Morgan fingerprint density at radius 1 is 0.783 bits per heavy atom. The molecule has 17 heteroatoms. The number of hydrogen-bond acceptors (Lipinski definition) is 13. The van der Waals surface area contributed by atoms with Crippen molar-refractivity contribution in [2.75, 3.05) is 25.2 Å². The fourth-order valence-corrected chi connectivity index (χ4v) is 12.7. The zero-order valence-electron chi connectivity index (χ0n) is 37.4. The van der Waals surface area contributed by atoms with Gasteiger partial charge >= 0.3 is 19.8 Å². The molecule has 4 rings (SSSR count). The largest absolute Gasteiger partial charge is 0.479 e. The van der Waals surface area contributed by atoms with Gasteiger partial charge in [-0.1, -0.05) is 87.5 Å². The fraction of sp³-hybridized carbons (Fsp3) is 0.512. The molecule has 0 saturated heterocycles. The quantitative estimate of drug-likeness (QED) is 0.0777. The summed E-state index contributed by atoms with van der Waals surface area (Å²) in [5.41, 5.74) is -1.69. The minimum Gasteiger partial charge on any atom is -0.479 e. The maximum atomic E-state index is 14.1. The molecule has 0 N–H and O–H groups in total. The Labute approximate surface area is 355 Å². The molecule has 0 fully saturated rings. The zero-order chi connectivity index (χ0) is 44.7. The third-order valence-corrected chi connectivity index (χ3v) is 15.5. The van der Waals surface area contributed by atoms with Crippen LogP contribution in [-0.2, 0) is 27.5 Å². The van der Waals surface area contributed by atoms with E-state index >= 15 is 0 Å². The molecule has 1 atom stereocenters. The van der Waals surface area contributed by atoms with Gasteiger partial charge in [-0.15, -0.1) is 4.90 Å². The summed E-state index contributed by atoms with van der Waals surface area (Å²) in [5, 5.41) is 1.83. The van der Waals surface area contributed by atoms with Crippen LogP contribution in [0.5, 0.6) is 5.88 Å². The van der Waals surface area contributed by atoms with Crippen LogP contribution in [0.25, 0.3) is 11.2 Å². The van der Waals surface area contributed by atoms with Crippen molar-refractivity contribution in [2.45, 2.75) is 118 Å². The number of carbonyl (C=O) groups excluding carboxylic acids is 2. The highest BCUT2D eigenvalue weighted by atomic mass is 31.2. The molecule has 0 bridgehead atoms. The Hall–Kier alpha value is -4.60. The number of aromatic nitrogens is 4. The van der Waals surface area contributed by atoms with E-state index < -0.39 is 51.2 Å². The molecule has 2 amide bonds. The van der Waals surface area contributed by atoms with E-state index in [2.05, 4.69) is 60.0 Å². The maximum Gasteiger partial charge on any atom is 0.427 e. The smallest absolute Gasteiger partial charge is 0.427 e. The molecule has 60 heavy (non-hydrogen) atoms. The zero-order valence-corrected chi connectivity index (χ0v) is 39.3. The van der Waals surface area contributed by atoms with Crippen LogP contribution in [0.2, 0.25) is 5.04 Å². The highest BCUT2D eigenvalue weighted by Crippen LogP contribution is 2.52. The Morgan fingerprint density at radius 3 is 1.72 bits per heavy atom. The fourth-order valence-electron chi connectivity index (χ4n) is 6.27. The van der Waals surface area contributed by atoms with Gasteiger partial charge in [0.15, 0.2) is 5.52 Å². The molecule has 0 spiro atoms. The summed E-state index contributed by atoms with van der Waals surface area (Å²) in [5.74, 6) is 0.480. The first-order valence-corrected chi connectivity index (χ1v) is 23.5. The standard InChI is InChI=1S/C43H62N5O10PSi/c1-30(2)57-59(51,58-31(3)4)26-25-32(28-54-60(43(11,12)13,33-21-17-15-18-22-33)34-23-19-16-20-24-34)27-53-47-29-44-35-36(47)45-38(46-37(35)52-14)48(39(49)55-41(5,6)7)40(50)56-42(8,9)10/h15-26,29-32H,27-28H2,1-14H3/b26-25+. The molecule has 1 unspecified atom stereocenters. The number of imidazole rings is 1. The van der Waals surface area contributed by atoms with Crippen molar-refractivity contribution >= 4 is 55.6 Å². The first-order chi connectivity index (χ1) is 27.9. The predicted octanol–water partition coefficient (Wildman–Crippen LogP) is 8.69. The number of hydrogen-bond donors (Lipinski definition) is 0. The highest BCUT2D eigenvalue weighted by Gasteiger charge is 2.50. The molecule has 0 saturated carbocycles. The van der Waals surface area contributed by atoms with E-state index in [1.807, 2.05) is 36.4 Å². The molecule has 2 heterocycles. The van der Waals surface area contributed by atoms with Crippen LogP contribution in [0, 0.1) is 5.92 Å². The SMILES string of the molecule is COc1nc(N(C(=O)OC(C)(C)C)C(=O)OC(C)(C)C)nc2c1ncn2OCC(/C=C/P(=O)(OC(C)C)OC(C)C)CO[Si](c1ccccc1)(c1ccccc1)C(C)(C)C. The van der Waals surface area contributed by atoms with Gasteiger partial charge in [0.05, 0.1) is 19.3 Å². The lowest BCUT2D eigenvalue weighted by Gasteiger charge is -2.43. The Morgan fingerprint density at radius 2 is 1.28 bits per heavy atom. The van der Waals surface area contributed by atoms with Crippen LogP contribution >= 0.6 is 7.60 Å². The maximum absolute atomic E-state index is 14.1. The first-order valence-electron chi connectivity index (χ1n) is 20.0. The Bertz CT molecular complexity index is 2050. The number of carbonyl (C=O) groups is 2. The summed E-state index contributed by atoms with van der Waals surface area (Å²) in [6.45, 7) is 23.8. The van der Waals surface area contributed by atoms with Gasteiger partial charge in [-0.25, -0.2) is 14.6 Å². The lowest BCUT2D eigenvalue weighted by molar-refractivity contribution is 0.0426. The molecule has 328 valence electrons. The number of nitrogens with zero attached hydrogens (tertiary/aromatic N) is 5. The minimum atomic E-state index is -3.73. The number of ether oxygens (including phenoxy) is 3. The van der Waals surface area contributed by atoms with E-state index in [-0.39, 0.29) is 47.5 Å². The van der Waals surface area contributed by atoms with Gasteiger partial charge in [0.2, 0.25) is 17.5 Å². The van der Waals surface area contributed by atoms with Gasteiger partial charge in [-0.2, -0.15) is 14.7 Å². The Kier molecular flexibility index (Phi) is 15.5. The van der Waals surface area contributed by atoms with Crippen molar-refractivity contribution in [1.82, 2.24) is 19.7 Å². The highest BCUT2D eigenvalue weighted by molar-refractivity contribution is 7.57. The molecule has 4 aromatic rings.